The van der Waals surface area contributed by atoms with E-state index in [0.717, 1.165) is 25.7 Å². The molecule has 2 rings (SSSR count). The maximum absolute atomic E-state index is 12.8. The molecule has 118 valence electrons. The van der Waals surface area contributed by atoms with Gasteiger partial charge in [-0.05, 0) is 37.5 Å². The molecule has 1 unspecified atom stereocenters. The average Bonchev–Trinajstić information content (AvgIpc) is 2.75. The summed E-state index contributed by atoms with van der Waals surface area (Å²) in [5.74, 6) is 0. The monoisotopic (exact) mass is 311 g/mol. The third-order valence-corrected chi connectivity index (χ3v) is 6.26. The molecule has 0 aromatic heterocycles. The Hall–Kier alpha value is -0.910. The lowest BCUT2D eigenvalue weighted by atomic mass is 10.1. The highest BCUT2D eigenvalue weighted by atomic mass is 32.2. The highest BCUT2D eigenvalue weighted by Gasteiger charge is 2.28. The summed E-state index contributed by atoms with van der Waals surface area (Å²) < 4.78 is 27.1. The smallest absolute Gasteiger partial charge is 0.243 e. The minimum Gasteiger partial charge on any atom is -0.389 e. The Morgan fingerprint density at radius 3 is 2.38 bits per heavy atom. The van der Waals surface area contributed by atoms with Gasteiger partial charge in [0.15, 0.2) is 0 Å². The zero-order valence-corrected chi connectivity index (χ0v) is 13.6. The van der Waals surface area contributed by atoms with Crippen LogP contribution in [0.4, 0.5) is 0 Å². The van der Waals surface area contributed by atoms with E-state index >= 15 is 0 Å². The molecule has 1 N–H and O–H groups in total. The summed E-state index contributed by atoms with van der Waals surface area (Å²) in [4.78, 5) is 0.271. The fourth-order valence-corrected chi connectivity index (χ4v) is 4.39. The summed E-state index contributed by atoms with van der Waals surface area (Å²) in [6.07, 6.45) is 5.79. The minimum absolute atomic E-state index is 0.0905. The third kappa shape index (κ3) is 3.84. The second kappa shape index (κ2) is 6.90. The molecule has 0 heterocycles. The quantitative estimate of drug-likeness (QED) is 0.869. The predicted octanol–water partition coefficient (Wildman–Crippen LogP) is 3.08. The molecule has 4 nitrogen and oxygen atoms in total. The molecule has 1 aromatic rings. The van der Waals surface area contributed by atoms with Gasteiger partial charge in [0, 0.05) is 13.1 Å². The highest BCUT2D eigenvalue weighted by Crippen LogP contribution is 2.26. The first-order valence-electron chi connectivity index (χ1n) is 7.69. The van der Waals surface area contributed by atoms with E-state index in [0.29, 0.717) is 5.56 Å². The molecule has 0 radical (unpaired) electrons. The highest BCUT2D eigenvalue weighted by molar-refractivity contribution is 7.89. The van der Waals surface area contributed by atoms with Crippen LogP contribution in [0.3, 0.4) is 0 Å². The van der Waals surface area contributed by atoms with Crippen molar-refractivity contribution in [1.82, 2.24) is 4.31 Å². The predicted molar refractivity (Wildman–Crippen MR) is 83.5 cm³/mol. The van der Waals surface area contributed by atoms with E-state index in [1.807, 2.05) is 0 Å². The largest absolute Gasteiger partial charge is 0.389 e. The van der Waals surface area contributed by atoms with Crippen LogP contribution in [-0.2, 0) is 10.0 Å². The molecule has 1 fully saturated rings. The van der Waals surface area contributed by atoms with Crippen LogP contribution in [0.1, 0.15) is 57.1 Å². The first-order valence-corrected chi connectivity index (χ1v) is 9.13. The average molecular weight is 311 g/mol. The number of aliphatic hydroxyl groups excluding tert-OH is 1. The lowest BCUT2D eigenvalue weighted by Gasteiger charge is -2.26. The van der Waals surface area contributed by atoms with Crippen molar-refractivity contribution >= 4 is 10.0 Å². The molecule has 21 heavy (non-hydrogen) atoms. The molecule has 0 amide bonds. The maximum Gasteiger partial charge on any atom is 0.243 e. The Morgan fingerprint density at radius 1 is 1.19 bits per heavy atom. The molecule has 1 aromatic carbocycles. The molecule has 1 atom stereocenters. The van der Waals surface area contributed by atoms with Crippen LogP contribution in [0, 0.1) is 0 Å². The van der Waals surface area contributed by atoms with E-state index < -0.39 is 16.1 Å². The van der Waals surface area contributed by atoms with Gasteiger partial charge >= 0.3 is 0 Å². The second-order valence-electron chi connectivity index (χ2n) is 5.92. The topological polar surface area (TPSA) is 57.6 Å². The fourth-order valence-electron chi connectivity index (χ4n) is 2.92. The summed E-state index contributed by atoms with van der Waals surface area (Å²) in [7, 11) is -1.81. The molecule has 1 aliphatic carbocycles. The van der Waals surface area contributed by atoms with Gasteiger partial charge in [-0.25, -0.2) is 8.42 Å². The van der Waals surface area contributed by atoms with Gasteiger partial charge in [-0.3, -0.25) is 0 Å². The zero-order chi connectivity index (χ0) is 15.5. The fraction of sp³-hybridized carbons (Fsp3) is 0.625. The number of sulfonamides is 1. The number of hydrogen-bond donors (Lipinski definition) is 1. The van der Waals surface area contributed by atoms with Crippen molar-refractivity contribution < 1.29 is 13.5 Å². The van der Waals surface area contributed by atoms with Gasteiger partial charge in [0.1, 0.15) is 0 Å². The van der Waals surface area contributed by atoms with Crippen molar-refractivity contribution in [2.75, 3.05) is 7.05 Å². The number of nitrogens with zero attached hydrogens (tertiary/aromatic N) is 1. The third-order valence-electron chi connectivity index (χ3n) is 4.36. The summed E-state index contributed by atoms with van der Waals surface area (Å²) in [5, 5.41) is 9.63. The molecular weight excluding hydrogens is 286 g/mol. The van der Waals surface area contributed by atoms with E-state index in [1.54, 1.807) is 38.2 Å². The van der Waals surface area contributed by atoms with Crippen molar-refractivity contribution in [3.8, 4) is 0 Å². The van der Waals surface area contributed by atoms with Gasteiger partial charge < -0.3 is 5.11 Å². The Kier molecular flexibility index (Phi) is 5.41. The normalized spacial score (nSPS) is 19.4. The second-order valence-corrected chi connectivity index (χ2v) is 7.91. The van der Waals surface area contributed by atoms with Crippen LogP contribution in [0.2, 0.25) is 0 Å². The Balaban J connectivity index is 2.25. The maximum atomic E-state index is 12.8. The van der Waals surface area contributed by atoms with Gasteiger partial charge in [0.05, 0.1) is 11.0 Å². The van der Waals surface area contributed by atoms with E-state index in [9.17, 15) is 13.5 Å². The number of benzene rings is 1. The molecule has 0 spiro atoms. The van der Waals surface area contributed by atoms with Crippen LogP contribution < -0.4 is 0 Å². The van der Waals surface area contributed by atoms with E-state index in [-0.39, 0.29) is 10.9 Å². The van der Waals surface area contributed by atoms with E-state index in [4.69, 9.17) is 0 Å². The SMILES string of the molecule is CC(O)c1cccc(S(=O)(=O)N(C)C2CCCCCC2)c1. The summed E-state index contributed by atoms with van der Waals surface area (Å²) in [5.41, 5.74) is 0.630. The van der Waals surface area contributed by atoms with Gasteiger partial charge in [0.25, 0.3) is 0 Å². The lowest BCUT2D eigenvalue weighted by molar-refractivity contribution is 0.199. The number of aliphatic hydroxyl groups is 1. The first kappa shape index (κ1) is 16.5. The number of rotatable bonds is 4. The van der Waals surface area contributed by atoms with Crippen LogP contribution in [0.5, 0.6) is 0 Å². The van der Waals surface area contributed by atoms with Crippen LogP contribution in [0.15, 0.2) is 29.2 Å². The van der Waals surface area contributed by atoms with Crippen LogP contribution in [-0.4, -0.2) is 30.9 Å². The van der Waals surface area contributed by atoms with Crippen LogP contribution >= 0.6 is 0 Å². The standard InChI is InChI=1S/C16H25NO3S/c1-13(18)14-8-7-11-16(12-14)21(19,20)17(2)15-9-5-3-4-6-10-15/h7-8,11-13,15,18H,3-6,9-10H2,1-2H3. The summed E-state index contributed by atoms with van der Waals surface area (Å²) in [6.45, 7) is 1.64. The summed E-state index contributed by atoms with van der Waals surface area (Å²) in [6, 6.07) is 6.71. The van der Waals surface area contributed by atoms with E-state index in [2.05, 4.69) is 0 Å². The molecule has 5 heteroatoms. The first-order chi connectivity index (χ1) is 9.93. The molecule has 0 aliphatic heterocycles. The Morgan fingerprint density at radius 2 is 1.81 bits per heavy atom. The Labute approximate surface area is 127 Å². The molecule has 0 saturated heterocycles. The van der Waals surface area contributed by atoms with Gasteiger partial charge in [-0.15, -0.1) is 0 Å². The van der Waals surface area contributed by atoms with Crippen molar-refractivity contribution in [2.24, 2.45) is 0 Å². The molecule has 1 saturated carbocycles. The lowest BCUT2D eigenvalue weighted by Crippen LogP contribution is -2.36. The van der Waals surface area contributed by atoms with Crippen molar-refractivity contribution in [2.45, 2.75) is 62.5 Å². The van der Waals surface area contributed by atoms with E-state index in [1.165, 1.54) is 17.1 Å². The minimum atomic E-state index is -3.49. The van der Waals surface area contributed by atoms with Gasteiger partial charge in [0.2, 0.25) is 10.0 Å². The Bertz CT molecular complexity index is 561. The molecular formula is C16H25NO3S. The zero-order valence-electron chi connectivity index (χ0n) is 12.8. The van der Waals surface area contributed by atoms with Crippen molar-refractivity contribution in [3.05, 3.63) is 29.8 Å². The van der Waals surface area contributed by atoms with Crippen LogP contribution in [0.25, 0.3) is 0 Å². The van der Waals surface area contributed by atoms with Gasteiger partial charge in [-0.1, -0.05) is 37.8 Å². The van der Waals surface area contributed by atoms with Crippen molar-refractivity contribution in [3.63, 3.8) is 0 Å². The van der Waals surface area contributed by atoms with Gasteiger partial charge in [-0.2, -0.15) is 4.31 Å². The molecule has 1 aliphatic rings. The van der Waals surface area contributed by atoms with Crippen molar-refractivity contribution in [1.29, 1.82) is 0 Å². The molecule has 0 bridgehead atoms. The summed E-state index contributed by atoms with van der Waals surface area (Å²) >= 11 is 0. The number of hydrogen-bond acceptors (Lipinski definition) is 3.